The topological polar surface area (TPSA) is 154 Å². The largest absolute Gasteiger partial charge is 0.497 e. The molecule has 0 spiro atoms. The van der Waals surface area contributed by atoms with Crippen LogP contribution in [0.1, 0.15) is 28.9 Å². The predicted molar refractivity (Wildman–Crippen MR) is 164 cm³/mol. The fourth-order valence-corrected chi connectivity index (χ4v) is 4.34. The van der Waals surface area contributed by atoms with Gasteiger partial charge < -0.3 is 24.7 Å². The summed E-state index contributed by atoms with van der Waals surface area (Å²) < 4.78 is 70.8. The van der Waals surface area contributed by atoms with Gasteiger partial charge in [0.15, 0.2) is 0 Å². The van der Waals surface area contributed by atoms with Gasteiger partial charge in [0.1, 0.15) is 11.4 Å². The van der Waals surface area contributed by atoms with E-state index in [1.165, 1.54) is 12.8 Å². The molecule has 5 rings (SSSR count). The first-order valence-corrected chi connectivity index (χ1v) is 14.6. The Kier molecular flexibility index (Phi) is 12.8. The summed E-state index contributed by atoms with van der Waals surface area (Å²) in [7, 11) is 5.71. The van der Waals surface area contributed by atoms with Crippen LogP contribution in [0.25, 0.3) is 22.0 Å². The number of fused-ring (bicyclic) bond motifs is 1. The monoisotopic (exact) mass is 700 g/mol. The molecule has 0 bridgehead atoms. The van der Waals surface area contributed by atoms with Crippen LogP contribution >= 0.6 is 0 Å². The number of aromatic amines is 1. The van der Waals surface area contributed by atoms with Gasteiger partial charge >= 0.3 is 24.3 Å². The van der Waals surface area contributed by atoms with Gasteiger partial charge in [-0.15, -0.1) is 0 Å². The number of nitrogens with zero attached hydrogens (tertiary/aromatic N) is 5. The normalized spacial score (nSPS) is 12.9. The minimum Gasteiger partial charge on any atom is -0.497 e. The molecular formula is C31H34F6N6O6. The number of hydrogen-bond acceptors (Lipinski definition) is 7. The maximum atomic E-state index is 14.1. The number of carboxylic acids is 2. The second kappa shape index (κ2) is 16.3. The number of carbonyl (C=O) groups is 3. The predicted octanol–water partition coefficient (Wildman–Crippen LogP) is 5.32. The van der Waals surface area contributed by atoms with Crippen LogP contribution in [0.5, 0.6) is 5.75 Å². The lowest BCUT2D eigenvalue weighted by Crippen LogP contribution is -2.37. The molecule has 49 heavy (non-hydrogen) atoms. The van der Waals surface area contributed by atoms with Gasteiger partial charge in [-0.1, -0.05) is 18.2 Å². The number of aromatic nitrogens is 4. The van der Waals surface area contributed by atoms with Gasteiger partial charge in [0.2, 0.25) is 0 Å². The second-order valence-corrected chi connectivity index (χ2v) is 11.2. The highest BCUT2D eigenvalue weighted by Crippen LogP contribution is 2.33. The molecule has 266 valence electrons. The van der Waals surface area contributed by atoms with Crippen molar-refractivity contribution in [2.24, 2.45) is 5.92 Å². The third-order valence-corrected chi connectivity index (χ3v) is 7.00. The highest BCUT2D eigenvalue weighted by molar-refractivity contribution is 6.05. The van der Waals surface area contributed by atoms with Crippen LogP contribution in [0.2, 0.25) is 0 Å². The van der Waals surface area contributed by atoms with Crippen molar-refractivity contribution in [1.82, 2.24) is 29.8 Å². The number of carboxylic acid groups (broad SMARTS) is 2. The van der Waals surface area contributed by atoms with Crippen LogP contribution in [-0.2, 0) is 22.7 Å². The molecule has 1 aliphatic rings. The Morgan fingerprint density at radius 3 is 2.10 bits per heavy atom. The molecule has 2 aromatic carbocycles. The summed E-state index contributed by atoms with van der Waals surface area (Å²) in [6.45, 7) is 2.67. The first-order valence-electron chi connectivity index (χ1n) is 14.6. The molecule has 1 fully saturated rings. The molecule has 0 aliphatic heterocycles. The Hall–Kier alpha value is -5.13. The number of alkyl halides is 6. The fraction of sp³-hybridized carbons (Fsp3) is 0.387. The van der Waals surface area contributed by atoms with Gasteiger partial charge in [0.25, 0.3) is 5.91 Å². The van der Waals surface area contributed by atoms with E-state index in [-0.39, 0.29) is 5.91 Å². The number of H-pyrrole nitrogens is 1. The Labute approximate surface area is 275 Å². The van der Waals surface area contributed by atoms with Gasteiger partial charge in [-0.2, -0.15) is 36.5 Å². The van der Waals surface area contributed by atoms with E-state index in [4.69, 9.17) is 29.6 Å². The number of ether oxygens (including phenoxy) is 1. The van der Waals surface area contributed by atoms with Gasteiger partial charge in [-0.05, 0) is 68.2 Å². The second-order valence-electron chi connectivity index (χ2n) is 11.2. The fourth-order valence-electron chi connectivity index (χ4n) is 4.34. The molecule has 2 heterocycles. The van der Waals surface area contributed by atoms with Crippen molar-refractivity contribution >= 4 is 28.7 Å². The SMILES string of the molecule is COc1cccc(CN(CCN(C)C)C(=O)c2c3ccc(-c4cn[nH]c4)cc3nn2CC2CC2)c1.O=C(O)C(F)(F)F.O=C(O)C(F)(F)F. The van der Waals surface area contributed by atoms with Crippen LogP contribution in [0.15, 0.2) is 54.9 Å². The van der Waals surface area contributed by atoms with E-state index in [1.807, 2.05) is 72.3 Å². The Morgan fingerprint density at radius 1 is 0.959 bits per heavy atom. The summed E-state index contributed by atoms with van der Waals surface area (Å²) in [6, 6.07) is 14.0. The van der Waals surface area contributed by atoms with Crippen molar-refractivity contribution in [2.75, 3.05) is 34.3 Å². The summed E-state index contributed by atoms with van der Waals surface area (Å²) in [5.74, 6) is -4.12. The lowest BCUT2D eigenvalue weighted by atomic mass is 10.1. The minimum atomic E-state index is -5.08. The number of rotatable bonds is 10. The van der Waals surface area contributed by atoms with Crippen molar-refractivity contribution < 1.29 is 55.7 Å². The van der Waals surface area contributed by atoms with Gasteiger partial charge in [-0.25, -0.2) is 9.59 Å². The van der Waals surface area contributed by atoms with Crippen molar-refractivity contribution in [3.63, 3.8) is 0 Å². The molecule has 1 aliphatic carbocycles. The lowest BCUT2D eigenvalue weighted by Gasteiger charge is -2.25. The van der Waals surface area contributed by atoms with Crippen molar-refractivity contribution in [1.29, 1.82) is 0 Å². The maximum Gasteiger partial charge on any atom is 0.490 e. The maximum absolute atomic E-state index is 14.1. The Bertz CT molecular complexity index is 1690. The van der Waals surface area contributed by atoms with Crippen molar-refractivity contribution in [2.45, 2.75) is 38.3 Å². The average Bonchev–Trinajstić information content (AvgIpc) is 3.52. The van der Waals surface area contributed by atoms with Gasteiger partial charge in [0, 0.05) is 43.3 Å². The standard InChI is InChI=1S/C27H32N6O2.2C2HF3O2/c1-31(2)11-12-32(17-20-5-4-6-23(13-20)35-3)27(34)26-24-10-9-21(22-15-28-29-16-22)14-25(24)30-33(26)18-19-7-8-19;2*3-2(4,5)1(6)7/h4-6,9-10,13-16,19H,7-8,11-12,17-18H2,1-3H3,(H,28,29);2*(H,6,7). The number of methoxy groups -OCH3 is 1. The molecule has 0 atom stereocenters. The lowest BCUT2D eigenvalue weighted by molar-refractivity contribution is -0.193. The third-order valence-electron chi connectivity index (χ3n) is 7.00. The van der Waals surface area contributed by atoms with Crippen LogP contribution < -0.4 is 4.74 Å². The first-order chi connectivity index (χ1) is 22.9. The van der Waals surface area contributed by atoms with Crippen molar-refractivity contribution in [3.05, 3.63) is 66.1 Å². The number of aliphatic carboxylic acids is 2. The number of nitrogens with one attached hydrogen (secondary N) is 1. The smallest absolute Gasteiger partial charge is 0.490 e. The van der Waals surface area contributed by atoms with Crippen LogP contribution in [0, 0.1) is 5.92 Å². The Balaban J connectivity index is 0.000000392. The van der Waals surface area contributed by atoms with Crippen molar-refractivity contribution in [3.8, 4) is 16.9 Å². The quantitative estimate of drug-likeness (QED) is 0.187. The Morgan fingerprint density at radius 2 is 1.59 bits per heavy atom. The molecule has 2 aromatic heterocycles. The summed E-state index contributed by atoms with van der Waals surface area (Å²) in [5.41, 5.74) is 4.58. The number of likely N-dealkylation sites (N-methyl/N-ethyl adjacent to an activating group) is 1. The zero-order valence-electron chi connectivity index (χ0n) is 26.5. The van der Waals surface area contributed by atoms with Crippen LogP contribution in [0.4, 0.5) is 26.3 Å². The zero-order valence-corrected chi connectivity index (χ0v) is 26.5. The van der Waals surface area contributed by atoms with E-state index in [0.717, 1.165) is 46.4 Å². The van der Waals surface area contributed by atoms with Gasteiger partial charge in [-0.3, -0.25) is 14.6 Å². The van der Waals surface area contributed by atoms with E-state index < -0.39 is 24.3 Å². The number of hydrogen-bond donors (Lipinski definition) is 3. The highest BCUT2D eigenvalue weighted by atomic mass is 19.4. The summed E-state index contributed by atoms with van der Waals surface area (Å²) in [4.78, 5) is 35.9. The van der Waals surface area contributed by atoms with Crippen LogP contribution in [0.3, 0.4) is 0 Å². The summed E-state index contributed by atoms with van der Waals surface area (Å²) >= 11 is 0. The van der Waals surface area contributed by atoms with Gasteiger partial charge in [0.05, 0.1) is 18.8 Å². The number of carbonyl (C=O) groups excluding carboxylic acids is 1. The number of benzene rings is 2. The van der Waals surface area contributed by atoms with E-state index in [1.54, 1.807) is 13.3 Å². The number of amides is 1. The van der Waals surface area contributed by atoms with E-state index in [2.05, 4.69) is 15.1 Å². The molecule has 12 nitrogen and oxygen atoms in total. The van der Waals surface area contributed by atoms with E-state index in [9.17, 15) is 31.1 Å². The number of halogens is 6. The van der Waals surface area contributed by atoms with E-state index in [0.29, 0.717) is 24.7 Å². The molecular weight excluding hydrogens is 666 g/mol. The molecule has 0 unspecified atom stereocenters. The molecule has 1 amide bonds. The summed E-state index contributed by atoms with van der Waals surface area (Å²) in [5, 5.41) is 27.0. The molecule has 18 heteroatoms. The molecule has 1 saturated carbocycles. The molecule has 0 radical (unpaired) electrons. The third kappa shape index (κ3) is 11.5. The molecule has 4 aromatic rings. The zero-order chi connectivity index (χ0) is 36.5. The minimum absolute atomic E-state index is 0.00822. The first kappa shape index (κ1) is 38.3. The summed E-state index contributed by atoms with van der Waals surface area (Å²) in [6.07, 6.45) is -4.12. The molecule has 3 N–H and O–H groups in total. The van der Waals surface area contributed by atoms with E-state index >= 15 is 0 Å². The average molecular weight is 701 g/mol. The van der Waals surface area contributed by atoms with Crippen LogP contribution in [-0.4, -0.2) is 104 Å². The molecule has 0 saturated heterocycles. The highest BCUT2D eigenvalue weighted by Gasteiger charge is 2.39.